The molecule has 1 aliphatic heterocycles. The van der Waals surface area contributed by atoms with E-state index >= 15 is 0 Å². The maximum atomic E-state index is 11.5. The van der Waals surface area contributed by atoms with Gasteiger partial charge in [-0.05, 0) is 6.54 Å². The minimum Gasteiger partial charge on any atom is -0.340 e. The van der Waals surface area contributed by atoms with Gasteiger partial charge in [-0.15, -0.1) is 0 Å². The van der Waals surface area contributed by atoms with Crippen LogP contribution in [0.5, 0.6) is 0 Å². The van der Waals surface area contributed by atoms with Gasteiger partial charge in [0.15, 0.2) is 5.12 Å². The Balaban J connectivity index is 2.29. The van der Waals surface area contributed by atoms with Crippen LogP contribution in [0.3, 0.4) is 0 Å². The Bertz CT molecular complexity index is 246. The van der Waals surface area contributed by atoms with E-state index in [2.05, 4.69) is 5.32 Å². The topological polar surface area (TPSA) is 49.4 Å². The van der Waals surface area contributed by atoms with Crippen LogP contribution in [0.1, 0.15) is 20.3 Å². The fourth-order valence-corrected chi connectivity index (χ4v) is 2.61. The molecule has 86 valence electrons. The fourth-order valence-electron chi connectivity index (χ4n) is 1.66. The molecule has 4 nitrogen and oxygen atoms in total. The van der Waals surface area contributed by atoms with Crippen LogP contribution in [0.25, 0.3) is 0 Å². The number of hydrogen-bond acceptors (Lipinski definition) is 4. The molecule has 15 heavy (non-hydrogen) atoms. The molecule has 0 bridgehead atoms. The second kappa shape index (κ2) is 6.12. The lowest BCUT2D eigenvalue weighted by Gasteiger charge is -2.16. The normalized spacial score (nSPS) is 21.1. The molecule has 1 fully saturated rings. The SMILES string of the molecule is CCNCCN1CC(SC(C)=O)CC1=O. The van der Waals surface area contributed by atoms with Gasteiger partial charge < -0.3 is 10.2 Å². The minimum absolute atomic E-state index is 0.0985. The van der Waals surface area contributed by atoms with Crippen molar-refractivity contribution < 1.29 is 9.59 Å². The summed E-state index contributed by atoms with van der Waals surface area (Å²) in [7, 11) is 0. The summed E-state index contributed by atoms with van der Waals surface area (Å²) in [5.74, 6) is 0.173. The summed E-state index contributed by atoms with van der Waals surface area (Å²) in [6, 6.07) is 0. The zero-order chi connectivity index (χ0) is 11.3. The molecule has 0 spiro atoms. The monoisotopic (exact) mass is 230 g/mol. The lowest BCUT2D eigenvalue weighted by Crippen LogP contribution is -2.33. The Morgan fingerprint density at radius 1 is 1.67 bits per heavy atom. The molecule has 1 N–H and O–H groups in total. The number of likely N-dealkylation sites (N-methyl/N-ethyl adjacent to an activating group) is 1. The summed E-state index contributed by atoms with van der Waals surface area (Å²) >= 11 is 1.29. The summed E-state index contributed by atoms with van der Waals surface area (Å²) in [5.41, 5.74) is 0. The lowest BCUT2D eigenvalue weighted by molar-refractivity contribution is -0.127. The summed E-state index contributed by atoms with van der Waals surface area (Å²) in [6.07, 6.45) is 0.510. The van der Waals surface area contributed by atoms with E-state index < -0.39 is 0 Å². The Hall–Kier alpha value is -0.550. The molecule has 5 heteroatoms. The van der Waals surface area contributed by atoms with E-state index in [9.17, 15) is 9.59 Å². The van der Waals surface area contributed by atoms with Crippen molar-refractivity contribution in [2.75, 3.05) is 26.2 Å². The maximum Gasteiger partial charge on any atom is 0.223 e. The average Bonchev–Trinajstić information content (AvgIpc) is 2.46. The van der Waals surface area contributed by atoms with Crippen molar-refractivity contribution in [1.29, 1.82) is 0 Å². The van der Waals surface area contributed by atoms with Crippen LogP contribution >= 0.6 is 11.8 Å². The smallest absolute Gasteiger partial charge is 0.223 e. The van der Waals surface area contributed by atoms with E-state index in [0.29, 0.717) is 13.0 Å². The first-order valence-electron chi connectivity index (χ1n) is 5.29. The molecule has 1 saturated heterocycles. The first kappa shape index (κ1) is 12.5. The van der Waals surface area contributed by atoms with Crippen molar-refractivity contribution in [3.8, 4) is 0 Å². The highest BCUT2D eigenvalue weighted by Crippen LogP contribution is 2.23. The van der Waals surface area contributed by atoms with Gasteiger partial charge in [-0.25, -0.2) is 0 Å². The largest absolute Gasteiger partial charge is 0.340 e. The van der Waals surface area contributed by atoms with Crippen molar-refractivity contribution in [3.05, 3.63) is 0 Å². The van der Waals surface area contributed by atoms with Crippen molar-refractivity contribution in [3.63, 3.8) is 0 Å². The second-order valence-corrected chi connectivity index (χ2v) is 5.11. The second-order valence-electron chi connectivity index (χ2n) is 3.63. The molecular weight excluding hydrogens is 212 g/mol. The summed E-state index contributed by atoms with van der Waals surface area (Å²) in [6.45, 7) is 6.82. The molecule has 1 atom stereocenters. The molecule has 1 aliphatic rings. The molecule has 0 aromatic rings. The first-order valence-corrected chi connectivity index (χ1v) is 6.17. The highest BCUT2D eigenvalue weighted by atomic mass is 32.2. The van der Waals surface area contributed by atoms with E-state index in [1.54, 1.807) is 6.92 Å². The number of amides is 1. The molecule has 1 rings (SSSR count). The van der Waals surface area contributed by atoms with E-state index in [0.717, 1.165) is 19.6 Å². The van der Waals surface area contributed by atoms with Gasteiger partial charge in [0.05, 0.1) is 0 Å². The fraction of sp³-hybridized carbons (Fsp3) is 0.800. The quantitative estimate of drug-likeness (QED) is 0.698. The molecule has 1 amide bonds. The highest BCUT2D eigenvalue weighted by molar-refractivity contribution is 8.14. The van der Waals surface area contributed by atoms with E-state index in [1.807, 2.05) is 11.8 Å². The predicted octanol–water partition coefficient (Wildman–Crippen LogP) is 0.476. The van der Waals surface area contributed by atoms with Crippen molar-refractivity contribution in [1.82, 2.24) is 10.2 Å². The molecule has 1 heterocycles. The minimum atomic E-state index is 0.0985. The Kier molecular flexibility index (Phi) is 5.11. The van der Waals surface area contributed by atoms with Crippen molar-refractivity contribution in [2.45, 2.75) is 25.5 Å². The number of nitrogens with zero attached hydrogens (tertiary/aromatic N) is 1. The number of hydrogen-bond donors (Lipinski definition) is 1. The van der Waals surface area contributed by atoms with Gasteiger partial charge in [0.1, 0.15) is 0 Å². The van der Waals surface area contributed by atoms with Gasteiger partial charge in [-0.3, -0.25) is 9.59 Å². The molecular formula is C10H18N2O2S. The Morgan fingerprint density at radius 3 is 3.00 bits per heavy atom. The van der Waals surface area contributed by atoms with Gasteiger partial charge in [0, 0.05) is 38.2 Å². The van der Waals surface area contributed by atoms with Crippen LogP contribution in [0.4, 0.5) is 0 Å². The van der Waals surface area contributed by atoms with Crippen LogP contribution < -0.4 is 5.32 Å². The zero-order valence-electron chi connectivity index (χ0n) is 9.28. The molecule has 0 aromatic heterocycles. The van der Waals surface area contributed by atoms with Gasteiger partial charge in [0.25, 0.3) is 0 Å². The zero-order valence-corrected chi connectivity index (χ0v) is 10.1. The standard InChI is InChI=1S/C10H18N2O2S/c1-3-11-4-5-12-7-9(6-10(12)14)15-8(2)13/h9,11H,3-7H2,1-2H3. The van der Waals surface area contributed by atoms with E-state index in [1.165, 1.54) is 11.8 Å². The number of carbonyl (C=O) groups excluding carboxylic acids is 2. The van der Waals surface area contributed by atoms with Gasteiger partial charge >= 0.3 is 0 Å². The Morgan fingerprint density at radius 2 is 2.40 bits per heavy atom. The van der Waals surface area contributed by atoms with Gasteiger partial charge in [-0.1, -0.05) is 18.7 Å². The number of rotatable bonds is 5. The molecule has 0 aromatic carbocycles. The van der Waals surface area contributed by atoms with Crippen LogP contribution in [-0.4, -0.2) is 47.4 Å². The number of carbonyl (C=O) groups is 2. The third-order valence-corrected chi connectivity index (χ3v) is 3.30. The van der Waals surface area contributed by atoms with Crippen LogP contribution in [0.15, 0.2) is 0 Å². The third kappa shape index (κ3) is 4.22. The van der Waals surface area contributed by atoms with E-state index in [4.69, 9.17) is 0 Å². The van der Waals surface area contributed by atoms with Crippen molar-refractivity contribution >= 4 is 22.8 Å². The Labute approximate surface area is 94.8 Å². The highest BCUT2D eigenvalue weighted by Gasteiger charge is 2.30. The summed E-state index contributed by atoms with van der Waals surface area (Å²) in [4.78, 5) is 24.3. The van der Waals surface area contributed by atoms with Gasteiger partial charge in [-0.2, -0.15) is 0 Å². The number of likely N-dealkylation sites (tertiary alicyclic amines) is 1. The lowest BCUT2D eigenvalue weighted by atomic mass is 10.4. The van der Waals surface area contributed by atoms with Gasteiger partial charge in [0.2, 0.25) is 5.91 Å². The molecule has 0 aliphatic carbocycles. The summed E-state index contributed by atoms with van der Waals surface area (Å²) in [5, 5.41) is 3.45. The molecule has 0 radical (unpaired) electrons. The van der Waals surface area contributed by atoms with Crippen LogP contribution in [0.2, 0.25) is 0 Å². The average molecular weight is 230 g/mol. The first-order chi connectivity index (χ1) is 7.13. The van der Waals surface area contributed by atoms with Crippen LogP contribution in [0, 0.1) is 0 Å². The number of nitrogens with one attached hydrogen (secondary N) is 1. The predicted molar refractivity (Wildman–Crippen MR) is 61.8 cm³/mol. The molecule has 0 saturated carbocycles. The third-order valence-electron chi connectivity index (χ3n) is 2.32. The van der Waals surface area contributed by atoms with Crippen molar-refractivity contribution in [2.24, 2.45) is 0 Å². The maximum absolute atomic E-state index is 11.5. The molecule has 1 unspecified atom stereocenters. The van der Waals surface area contributed by atoms with E-state index in [-0.39, 0.29) is 16.3 Å². The summed E-state index contributed by atoms with van der Waals surface area (Å²) < 4.78 is 0. The number of thioether (sulfide) groups is 1. The van der Waals surface area contributed by atoms with Crippen LogP contribution in [-0.2, 0) is 9.59 Å².